The van der Waals surface area contributed by atoms with Gasteiger partial charge in [-0.3, -0.25) is 4.79 Å². The first-order chi connectivity index (χ1) is 8.91. The number of aryl methyl sites for hydroxylation is 1. The molecular weight excluding hydrogens is 245 g/mol. The highest BCUT2D eigenvalue weighted by Crippen LogP contribution is 2.74. The molecule has 1 aromatic rings. The van der Waals surface area contributed by atoms with Crippen molar-refractivity contribution in [3.05, 3.63) is 35.1 Å². The quantitative estimate of drug-likeness (QED) is 0.849. The van der Waals surface area contributed by atoms with E-state index in [-0.39, 0.29) is 22.6 Å². The average Bonchev–Trinajstić information content (AvgIpc) is 2.22. The highest BCUT2D eigenvalue weighted by atomic mass is 19.1. The fourth-order valence-corrected chi connectivity index (χ4v) is 3.92. The van der Waals surface area contributed by atoms with Gasteiger partial charge in [-0.25, -0.2) is 4.39 Å². The number of nitrogens with two attached hydrogens (primary N) is 1. The highest BCUT2D eigenvalue weighted by molar-refractivity contribution is 5.77. The molecule has 1 unspecified atom stereocenters. The summed E-state index contributed by atoms with van der Waals surface area (Å²) in [7, 11) is 1.36. The Bertz CT molecular complexity index is 515. The van der Waals surface area contributed by atoms with Crippen molar-refractivity contribution in [2.75, 3.05) is 7.11 Å². The lowest BCUT2D eigenvalue weighted by atomic mass is 9.31. The molecule has 4 heteroatoms. The third kappa shape index (κ3) is 1.62. The Morgan fingerprint density at radius 1 is 1.37 bits per heavy atom. The molecule has 0 heterocycles. The van der Waals surface area contributed by atoms with Gasteiger partial charge in [0, 0.05) is 0 Å². The lowest BCUT2D eigenvalue weighted by molar-refractivity contribution is -0.181. The molecule has 1 aromatic carbocycles. The van der Waals surface area contributed by atoms with Gasteiger partial charge >= 0.3 is 5.97 Å². The Morgan fingerprint density at radius 2 is 2.00 bits per heavy atom. The number of carbonyl (C=O) groups excluding carboxylic acids is 1. The van der Waals surface area contributed by atoms with Gasteiger partial charge in [0.15, 0.2) is 0 Å². The van der Waals surface area contributed by atoms with Crippen molar-refractivity contribution in [2.45, 2.75) is 37.6 Å². The molecule has 0 saturated heterocycles. The van der Waals surface area contributed by atoms with Crippen molar-refractivity contribution in [2.24, 2.45) is 11.1 Å². The zero-order valence-corrected chi connectivity index (χ0v) is 11.2. The number of hydrogen-bond donors (Lipinski definition) is 1. The number of halogens is 1. The van der Waals surface area contributed by atoms with Crippen molar-refractivity contribution in [1.82, 2.24) is 0 Å². The van der Waals surface area contributed by atoms with Crippen LogP contribution in [0.3, 0.4) is 0 Å². The molecule has 4 rings (SSSR count). The van der Waals surface area contributed by atoms with E-state index in [1.807, 2.05) is 13.0 Å². The first-order valence-corrected chi connectivity index (χ1v) is 6.52. The van der Waals surface area contributed by atoms with Gasteiger partial charge in [-0.2, -0.15) is 0 Å². The van der Waals surface area contributed by atoms with Gasteiger partial charge < -0.3 is 10.5 Å². The summed E-state index contributed by atoms with van der Waals surface area (Å²) in [5.41, 5.74) is 7.86. The second-order valence-electron chi connectivity index (χ2n) is 6.19. The van der Waals surface area contributed by atoms with Crippen LogP contribution >= 0.6 is 0 Å². The fourth-order valence-electron chi connectivity index (χ4n) is 3.92. The molecule has 1 atom stereocenters. The van der Waals surface area contributed by atoms with Crippen LogP contribution in [0.25, 0.3) is 0 Å². The SMILES string of the molecule is COC(=O)C(N)C12CC(c3cc(C)cc(F)c3)(C1)C2. The van der Waals surface area contributed by atoms with Crippen LogP contribution in [-0.2, 0) is 14.9 Å². The van der Waals surface area contributed by atoms with Crippen molar-refractivity contribution in [3.8, 4) is 0 Å². The molecule has 0 aromatic heterocycles. The molecule has 2 N–H and O–H groups in total. The number of esters is 1. The van der Waals surface area contributed by atoms with Gasteiger partial charge in [-0.1, -0.05) is 6.07 Å². The summed E-state index contributed by atoms with van der Waals surface area (Å²) < 4.78 is 18.2. The van der Waals surface area contributed by atoms with Gasteiger partial charge in [-0.15, -0.1) is 0 Å². The van der Waals surface area contributed by atoms with Crippen LogP contribution in [0.1, 0.15) is 30.4 Å². The van der Waals surface area contributed by atoms with Crippen LogP contribution < -0.4 is 5.73 Å². The molecule has 3 aliphatic rings. The maximum atomic E-state index is 13.5. The maximum Gasteiger partial charge on any atom is 0.323 e. The molecule has 0 radical (unpaired) electrons. The van der Waals surface area contributed by atoms with Gasteiger partial charge in [0.25, 0.3) is 0 Å². The van der Waals surface area contributed by atoms with Crippen molar-refractivity contribution < 1.29 is 13.9 Å². The summed E-state index contributed by atoms with van der Waals surface area (Å²) in [5.74, 6) is -0.533. The van der Waals surface area contributed by atoms with Crippen molar-refractivity contribution >= 4 is 5.97 Å². The molecule has 0 amide bonds. The second-order valence-corrected chi connectivity index (χ2v) is 6.19. The van der Waals surface area contributed by atoms with Crippen LogP contribution in [-0.4, -0.2) is 19.1 Å². The Balaban J connectivity index is 1.78. The van der Waals surface area contributed by atoms with Crippen LogP contribution in [0.15, 0.2) is 18.2 Å². The zero-order valence-electron chi connectivity index (χ0n) is 11.2. The van der Waals surface area contributed by atoms with Crippen LogP contribution in [0.5, 0.6) is 0 Å². The van der Waals surface area contributed by atoms with Gasteiger partial charge in [-0.05, 0) is 60.3 Å². The van der Waals surface area contributed by atoms with E-state index in [1.54, 1.807) is 6.07 Å². The lowest BCUT2D eigenvalue weighted by Crippen LogP contribution is -2.72. The first kappa shape index (κ1) is 12.6. The van der Waals surface area contributed by atoms with Crippen LogP contribution in [0, 0.1) is 18.2 Å². The fraction of sp³-hybridized carbons (Fsp3) is 0.533. The Kier molecular flexibility index (Phi) is 2.52. The number of hydrogen-bond acceptors (Lipinski definition) is 3. The van der Waals surface area contributed by atoms with E-state index in [4.69, 9.17) is 10.5 Å². The molecular formula is C15H18FNO2. The third-order valence-electron chi connectivity index (χ3n) is 4.84. The molecule has 19 heavy (non-hydrogen) atoms. The van der Waals surface area contributed by atoms with E-state index in [0.29, 0.717) is 0 Å². The minimum Gasteiger partial charge on any atom is -0.468 e. The van der Waals surface area contributed by atoms with E-state index in [1.165, 1.54) is 13.2 Å². The number of ether oxygens (including phenoxy) is 1. The molecule has 3 saturated carbocycles. The minimum atomic E-state index is -0.547. The monoisotopic (exact) mass is 263 g/mol. The van der Waals surface area contributed by atoms with E-state index in [0.717, 1.165) is 30.4 Å². The summed E-state index contributed by atoms with van der Waals surface area (Å²) in [5, 5.41) is 0. The highest BCUT2D eigenvalue weighted by Gasteiger charge is 2.71. The van der Waals surface area contributed by atoms with E-state index in [2.05, 4.69) is 0 Å². The molecule has 3 nitrogen and oxygen atoms in total. The number of rotatable bonds is 3. The minimum absolute atomic E-state index is 0.0402. The smallest absolute Gasteiger partial charge is 0.323 e. The molecule has 0 spiro atoms. The number of methoxy groups -OCH3 is 1. The standard InChI is InChI=1S/C15H18FNO2/c1-9-3-10(5-11(16)4-9)14-6-15(7-14,8-14)12(17)13(18)19-2/h3-5,12H,6-8,17H2,1-2H3. The van der Waals surface area contributed by atoms with Gasteiger partial charge in [0.05, 0.1) is 7.11 Å². The summed E-state index contributed by atoms with van der Waals surface area (Å²) in [6, 6.07) is 4.63. The van der Waals surface area contributed by atoms with Gasteiger partial charge in [0.1, 0.15) is 11.9 Å². The largest absolute Gasteiger partial charge is 0.468 e. The first-order valence-electron chi connectivity index (χ1n) is 6.52. The normalized spacial score (nSPS) is 33.1. The Morgan fingerprint density at radius 3 is 2.53 bits per heavy atom. The van der Waals surface area contributed by atoms with E-state index >= 15 is 0 Å². The predicted molar refractivity (Wildman–Crippen MR) is 69.1 cm³/mol. The van der Waals surface area contributed by atoms with E-state index < -0.39 is 6.04 Å². The zero-order chi connectivity index (χ0) is 13.8. The molecule has 102 valence electrons. The summed E-state index contributed by atoms with van der Waals surface area (Å²) >= 11 is 0. The topological polar surface area (TPSA) is 52.3 Å². The molecule has 0 aliphatic heterocycles. The Hall–Kier alpha value is -1.42. The van der Waals surface area contributed by atoms with Gasteiger partial charge in [0.2, 0.25) is 0 Å². The molecule has 3 aliphatic carbocycles. The summed E-state index contributed by atoms with van der Waals surface area (Å²) in [4.78, 5) is 11.5. The summed E-state index contributed by atoms with van der Waals surface area (Å²) in [6.07, 6.45) is 2.58. The Labute approximate surface area is 111 Å². The van der Waals surface area contributed by atoms with E-state index in [9.17, 15) is 9.18 Å². The lowest BCUT2D eigenvalue weighted by Gasteiger charge is -2.72. The third-order valence-corrected chi connectivity index (χ3v) is 4.84. The second kappa shape index (κ2) is 3.79. The predicted octanol–water partition coefficient (Wildman–Crippen LogP) is 2.06. The maximum absolute atomic E-state index is 13.5. The molecule has 3 fully saturated rings. The number of carbonyl (C=O) groups is 1. The molecule has 2 bridgehead atoms. The average molecular weight is 263 g/mol. The van der Waals surface area contributed by atoms with Crippen molar-refractivity contribution in [3.63, 3.8) is 0 Å². The van der Waals surface area contributed by atoms with Crippen LogP contribution in [0.4, 0.5) is 4.39 Å². The number of benzene rings is 1. The van der Waals surface area contributed by atoms with Crippen molar-refractivity contribution in [1.29, 1.82) is 0 Å². The van der Waals surface area contributed by atoms with Crippen LogP contribution in [0.2, 0.25) is 0 Å². The summed E-state index contributed by atoms with van der Waals surface area (Å²) in [6.45, 7) is 1.90.